The number of nitrogens with two attached hydrogens (primary N) is 1. The first-order chi connectivity index (χ1) is 15.6. The van der Waals surface area contributed by atoms with Crippen LogP contribution in [0.2, 0.25) is 0 Å². The average Bonchev–Trinajstić information content (AvgIpc) is 2.78. The molecule has 0 saturated heterocycles. The van der Waals surface area contributed by atoms with Crippen molar-refractivity contribution >= 4 is 5.91 Å². The van der Waals surface area contributed by atoms with Crippen molar-refractivity contribution in [2.24, 2.45) is 29.4 Å². The molecule has 0 heterocycles. The first kappa shape index (κ1) is 29.2. The molecule has 4 N–H and O–H groups in total. The van der Waals surface area contributed by atoms with E-state index in [1.54, 1.807) is 21.3 Å². The summed E-state index contributed by atoms with van der Waals surface area (Å²) in [6, 6.07) is 5.62. The minimum Gasteiger partial charge on any atom is -0.493 e. The maximum atomic E-state index is 12.2. The van der Waals surface area contributed by atoms with E-state index in [1.807, 2.05) is 26.0 Å². The van der Waals surface area contributed by atoms with Crippen LogP contribution in [0, 0.1) is 23.7 Å². The second kappa shape index (κ2) is 15.1. The van der Waals surface area contributed by atoms with Gasteiger partial charge in [0.1, 0.15) is 0 Å². The predicted octanol–water partition coefficient (Wildman–Crippen LogP) is 3.41. The highest BCUT2D eigenvalue weighted by molar-refractivity contribution is 5.78. The van der Waals surface area contributed by atoms with Gasteiger partial charge >= 0.3 is 0 Å². The van der Waals surface area contributed by atoms with Gasteiger partial charge in [0.05, 0.1) is 19.8 Å². The number of hydrogen-bond donors (Lipinski definition) is 3. The summed E-state index contributed by atoms with van der Waals surface area (Å²) in [5.74, 6) is 1.93. The van der Waals surface area contributed by atoms with Gasteiger partial charge in [0.2, 0.25) is 5.91 Å². The Hall–Kier alpha value is -1.83. The van der Waals surface area contributed by atoms with Crippen molar-refractivity contribution in [2.45, 2.75) is 65.5 Å². The Morgan fingerprint density at radius 3 is 2.30 bits per heavy atom. The van der Waals surface area contributed by atoms with Gasteiger partial charge in [-0.05, 0) is 54.7 Å². The first-order valence-corrected chi connectivity index (χ1v) is 12.1. The Labute approximate surface area is 200 Å². The maximum absolute atomic E-state index is 12.2. The van der Waals surface area contributed by atoms with Gasteiger partial charge in [0, 0.05) is 39.1 Å². The van der Waals surface area contributed by atoms with Crippen molar-refractivity contribution in [3.05, 3.63) is 23.8 Å². The molecular weight excluding hydrogens is 420 g/mol. The number of hydrogen-bond acceptors (Lipinski definition) is 6. The second-order valence-corrected chi connectivity index (χ2v) is 9.56. The number of nitrogens with one attached hydrogen (secondary N) is 1. The quantitative estimate of drug-likeness (QED) is 0.323. The second-order valence-electron chi connectivity index (χ2n) is 9.56. The number of ether oxygens (including phenoxy) is 3. The van der Waals surface area contributed by atoms with Gasteiger partial charge in [-0.3, -0.25) is 4.79 Å². The van der Waals surface area contributed by atoms with Crippen molar-refractivity contribution in [3.8, 4) is 11.5 Å². The van der Waals surface area contributed by atoms with E-state index in [-0.39, 0.29) is 23.7 Å². The lowest BCUT2D eigenvalue weighted by molar-refractivity contribution is -0.127. The van der Waals surface area contributed by atoms with Crippen LogP contribution in [0.25, 0.3) is 0 Å². The smallest absolute Gasteiger partial charge is 0.223 e. The van der Waals surface area contributed by atoms with E-state index in [1.165, 1.54) is 0 Å². The van der Waals surface area contributed by atoms with Gasteiger partial charge in [0.25, 0.3) is 0 Å². The van der Waals surface area contributed by atoms with Crippen LogP contribution in [0.1, 0.15) is 52.5 Å². The number of aliphatic hydroxyl groups is 1. The highest BCUT2D eigenvalue weighted by Gasteiger charge is 2.29. The molecule has 7 heteroatoms. The molecule has 0 fully saturated rings. The Kier molecular flexibility index (Phi) is 13.4. The van der Waals surface area contributed by atoms with Gasteiger partial charge in [0.15, 0.2) is 11.5 Å². The minimum absolute atomic E-state index is 0.0482. The number of methoxy groups -OCH3 is 2. The van der Waals surface area contributed by atoms with Gasteiger partial charge in [-0.2, -0.15) is 0 Å². The summed E-state index contributed by atoms with van der Waals surface area (Å²) in [7, 11) is 4.94. The molecule has 0 aliphatic heterocycles. The monoisotopic (exact) mass is 466 g/mol. The van der Waals surface area contributed by atoms with Crippen LogP contribution in [0.15, 0.2) is 18.2 Å². The summed E-state index contributed by atoms with van der Waals surface area (Å²) >= 11 is 0. The third-order valence-electron chi connectivity index (χ3n) is 6.37. The van der Waals surface area contributed by atoms with E-state index in [4.69, 9.17) is 19.9 Å². The molecule has 33 heavy (non-hydrogen) atoms. The molecule has 4 atom stereocenters. The summed E-state index contributed by atoms with van der Waals surface area (Å²) in [4.78, 5) is 12.2. The Bertz CT molecular complexity index is 695. The molecule has 1 aromatic rings. The number of carbonyl (C=O) groups is 1. The molecule has 190 valence electrons. The van der Waals surface area contributed by atoms with Crippen molar-refractivity contribution in [1.82, 2.24) is 5.32 Å². The van der Waals surface area contributed by atoms with E-state index >= 15 is 0 Å². The lowest BCUT2D eigenvalue weighted by Gasteiger charge is -2.30. The summed E-state index contributed by atoms with van der Waals surface area (Å²) < 4.78 is 16.5. The van der Waals surface area contributed by atoms with Crippen LogP contribution < -0.4 is 20.5 Å². The minimum atomic E-state index is -0.730. The topological polar surface area (TPSA) is 103 Å². The Balaban J connectivity index is 2.85. The maximum Gasteiger partial charge on any atom is 0.223 e. The highest BCUT2D eigenvalue weighted by Crippen LogP contribution is 2.31. The molecule has 7 nitrogen and oxygen atoms in total. The molecule has 0 aliphatic carbocycles. The number of amides is 1. The summed E-state index contributed by atoms with van der Waals surface area (Å²) in [6.07, 6.45) is 1.93. The van der Waals surface area contributed by atoms with E-state index in [9.17, 15) is 9.90 Å². The van der Waals surface area contributed by atoms with Crippen LogP contribution in [0.5, 0.6) is 11.5 Å². The fraction of sp³-hybridized carbons (Fsp3) is 0.731. The zero-order chi connectivity index (χ0) is 25.0. The van der Waals surface area contributed by atoms with Crippen LogP contribution in [-0.2, 0) is 16.0 Å². The lowest BCUT2D eigenvalue weighted by Crippen LogP contribution is -2.42. The van der Waals surface area contributed by atoms with Gasteiger partial charge < -0.3 is 30.4 Å². The third-order valence-corrected chi connectivity index (χ3v) is 6.37. The zero-order valence-electron chi connectivity index (χ0n) is 21.6. The van der Waals surface area contributed by atoms with Crippen molar-refractivity contribution < 1.29 is 24.1 Å². The standard InChI is InChI=1S/C26H46N2O5/c1-17(2)20(15-22(27)23(29)16-21(18(3)4)26(30)28-5)13-19-9-10-24(32-7)25(14-19)33-12-8-11-31-6/h9-10,14,17-18,20-23,29H,8,11-13,15-16,27H2,1-7H3,(H,28,30)/t20?,21?,22-,23?/m0/s1. The van der Waals surface area contributed by atoms with Gasteiger partial charge in [-0.25, -0.2) is 0 Å². The third kappa shape index (κ3) is 9.90. The molecular formula is C26H46N2O5. The van der Waals surface area contributed by atoms with Crippen LogP contribution >= 0.6 is 0 Å². The molecule has 1 rings (SSSR count). The molecule has 0 aromatic heterocycles. The predicted molar refractivity (Wildman–Crippen MR) is 133 cm³/mol. The fourth-order valence-electron chi connectivity index (χ4n) is 4.05. The fourth-order valence-corrected chi connectivity index (χ4v) is 4.05. The van der Waals surface area contributed by atoms with E-state index < -0.39 is 12.1 Å². The van der Waals surface area contributed by atoms with Crippen molar-refractivity contribution in [3.63, 3.8) is 0 Å². The molecule has 0 radical (unpaired) electrons. The number of aliphatic hydroxyl groups excluding tert-OH is 1. The average molecular weight is 467 g/mol. The molecule has 1 amide bonds. The lowest BCUT2D eigenvalue weighted by atomic mass is 9.81. The van der Waals surface area contributed by atoms with Gasteiger partial charge in [-0.1, -0.05) is 33.8 Å². The molecule has 0 spiro atoms. The molecule has 3 unspecified atom stereocenters. The highest BCUT2D eigenvalue weighted by atomic mass is 16.5. The summed E-state index contributed by atoms with van der Waals surface area (Å²) in [6.45, 7) is 9.55. The van der Waals surface area contributed by atoms with Crippen LogP contribution in [-0.4, -0.2) is 57.6 Å². The number of carbonyl (C=O) groups excluding carboxylic acids is 1. The van der Waals surface area contributed by atoms with Gasteiger partial charge in [-0.15, -0.1) is 0 Å². The van der Waals surface area contributed by atoms with Crippen LogP contribution in [0.4, 0.5) is 0 Å². The Morgan fingerprint density at radius 1 is 1.06 bits per heavy atom. The van der Waals surface area contributed by atoms with E-state index in [2.05, 4.69) is 25.2 Å². The number of benzene rings is 1. The molecule has 0 aliphatic rings. The molecule has 0 saturated carbocycles. The SMILES string of the molecule is CNC(=O)C(CC(O)[C@@H](N)CC(Cc1ccc(OC)c(OCCCOC)c1)C(C)C)C(C)C. The van der Waals surface area contributed by atoms with Crippen molar-refractivity contribution in [1.29, 1.82) is 0 Å². The Morgan fingerprint density at radius 2 is 1.76 bits per heavy atom. The number of rotatable bonds is 16. The summed E-state index contributed by atoms with van der Waals surface area (Å²) in [5.41, 5.74) is 7.57. The summed E-state index contributed by atoms with van der Waals surface area (Å²) in [5, 5.41) is 13.5. The largest absolute Gasteiger partial charge is 0.493 e. The molecule has 1 aromatic carbocycles. The van der Waals surface area contributed by atoms with Crippen molar-refractivity contribution in [2.75, 3.05) is 34.5 Å². The first-order valence-electron chi connectivity index (χ1n) is 12.1. The molecule has 0 bridgehead atoms. The van der Waals surface area contributed by atoms with E-state index in [0.717, 1.165) is 24.2 Å². The van der Waals surface area contributed by atoms with Crippen LogP contribution in [0.3, 0.4) is 0 Å². The van der Waals surface area contributed by atoms with E-state index in [0.29, 0.717) is 37.7 Å². The normalized spacial score (nSPS) is 15.2. The zero-order valence-corrected chi connectivity index (χ0v) is 21.6.